The first-order valence-corrected chi connectivity index (χ1v) is 7.62. The second-order valence-electron chi connectivity index (χ2n) is 5.95. The van der Waals surface area contributed by atoms with Gasteiger partial charge in [-0.15, -0.1) is 0 Å². The van der Waals surface area contributed by atoms with Crippen LogP contribution < -0.4 is 4.74 Å². The molecule has 1 saturated heterocycles. The molecular formula is C17H27NO2. The van der Waals surface area contributed by atoms with Gasteiger partial charge in [0.25, 0.3) is 0 Å². The lowest BCUT2D eigenvalue weighted by molar-refractivity contribution is 0.0322. The third-order valence-corrected chi connectivity index (χ3v) is 3.84. The maximum Gasteiger partial charge on any atom is 0.123 e. The summed E-state index contributed by atoms with van der Waals surface area (Å²) in [7, 11) is 0. The van der Waals surface area contributed by atoms with Crippen LogP contribution in [-0.2, 0) is 4.74 Å². The topological polar surface area (TPSA) is 21.7 Å². The Hall–Kier alpha value is -1.06. The molecule has 0 unspecified atom stereocenters. The molecule has 0 aliphatic carbocycles. The summed E-state index contributed by atoms with van der Waals surface area (Å²) in [5, 5.41) is 0. The van der Waals surface area contributed by atoms with Gasteiger partial charge in [0.05, 0.1) is 13.2 Å². The number of hydrogen-bond donors (Lipinski definition) is 0. The Kier molecular flexibility index (Phi) is 5.44. The standard InChI is InChI=1S/C17H27NO2/c1-13(2)17-15(4)11-14(3)12-16(17)20-10-7-18-5-8-19-9-6-18/h11-13H,5-10H2,1-4H3. The van der Waals surface area contributed by atoms with Crippen molar-refractivity contribution in [3.05, 3.63) is 28.8 Å². The average molecular weight is 277 g/mol. The van der Waals surface area contributed by atoms with E-state index in [0.717, 1.165) is 45.2 Å². The second kappa shape index (κ2) is 7.09. The van der Waals surface area contributed by atoms with Gasteiger partial charge in [-0.2, -0.15) is 0 Å². The fourth-order valence-corrected chi connectivity index (χ4v) is 2.91. The summed E-state index contributed by atoms with van der Waals surface area (Å²) in [6.45, 7) is 14.2. The van der Waals surface area contributed by atoms with Crippen molar-refractivity contribution < 1.29 is 9.47 Å². The van der Waals surface area contributed by atoms with E-state index in [2.05, 4.69) is 44.7 Å². The van der Waals surface area contributed by atoms with E-state index in [9.17, 15) is 0 Å². The van der Waals surface area contributed by atoms with Crippen molar-refractivity contribution in [3.8, 4) is 5.75 Å². The summed E-state index contributed by atoms with van der Waals surface area (Å²) in [4.78, 5) is 2.40. The summed E-state index contributed by atoms with van der Waals surface area (Å²) >= 11 is 0. The largest absolute Gasteiger partial charge is 0.492 e. The normalized spacial score (nSPS) is 16.6. The van der Waals surface area contributed by atoms with Crippen LogP contribution in [-0.4, -0.2) is 44.4 Å². The third kappa shape index (κ3) is 3.97. The van der Waals surface area contributed by atoms with Crippen molar-refractivity contribution in [1.82, 2.24) is 4.90 Å². The van der Waals surface area contributed by atoms with Crippen LogP contribution in [0.2, 0.25) is 0 Å². The van der Waals surface area contributed by atoms with Gasteiger partial charge in [0.15, 0.2) is 0 Å². The van der Waals surface area contributed by atoms with E-state index >= 15 is 0 Å². The highest BCUT2D eigenvalue weighted by Gasteiger charge is 2.13. The van der Waals surface area contributed by atoms with Gasteiger partial charge >= 0.3 is 0 Å². The summed E-state index contributed by atoms with van der Waals surface area (Å²) in [6.07, 6.45) is 0. The molecule has 1 aliphatic heterocycles. The molecule has 0 amide bonds. The molecule has 1 heterocycles. The summed E-state index contributed by atoms with van der Waals surface area (Å²) in [5.41, 5.74) is 3.95. The molecule has 3 heteroatoms. The van der Waals surface area contributed by atoms with Gasteiger partial charge < -0.3 is 9.47 Å². The highest BCUT2D eigenvalue weighted by Crippen LogP contribution is 2.31. The first-order valence-electron chi connectivity index (χ1n) is 7.62. The summed E-state index contributed by atoms with van der Waals surface area (Å²) in [5.74, 6) is 1.56. The first kappa shape index (κ1) is 15.3. The summed E-state index contributed by atoms with van der Waals surface area (Å²) < 4.78 is 11.4. The smallest absolute Gasteiger partial charge is 0.123 e. The Morgan fingerprint density at radius 1 is 1.20 bits per heavy atom. The van der Waals surface area contributed by atoms with E-state index in [-0.39, 0.29) is 0 Å². The molecule has 1 aromatic carbocycles. The van der Waals surface area contributed by atoms with E-state index in [1.54, 1.807) is 0 Å². The third-order valence-electron chi connectivity index (χ3n) is 3.84. The zero-order valence-electron chi connectivity index (χ0n) is 13.2. The number of benzene rings is 1. The lowest BCUT2D eigenvalue weighted by Gasteiger charge is -2.27. The van der Waals surface area contributed by atoms with Gasteiger partial charge in [0, 0.05) is 19.6 Å². The molecule has 112 valence electrons. The van der Waals surface area contributed by atoms with Crippen molar-refractivity contribution in [2.75, 3.05) is 39.5 Å². The van der Waals surface area contributed by atoms with E-state index < -0.39 is 0 Å². The Morgan fingerprint density at radius 3 is 2.55 bits per heavy atom. The van der Waals surface area contributed by atoms with Crippen molar-refractivity contribution in [2.45, 2.75) is 33.6 Å². The molecule has 20 heavy (non-hydrogen) atoms. The number of rotatable bonds is 5. The zero-order chi connectivity index (χ0) is 14.5. The maximum absolute atomic E-state index is 6.08. The molecular weight excluding hydrogens is 250 g/mol. The number of ether oxygens (including phenoxy) is 2. The van der Waals surface area contributed by atoms with Crippen molar-refractivity contribution in [1.29, 1.82) is 0 Å². The van der Waals surface area contributed by atoms with Gasteiger partial charge in [0.1, 0.15) is 12.4 Å². The van der Waals surface area contributed by atoms with Crippen LogP contribution in [0.4, 0.5) is 0 Å². The Labute approximate surface area is 122 Å². The molecule has 0 spiro atoms. The molecule has 0 bridgehead atoms. The van der Waals surface area contributed by atoms with Crippen LogP contribution in [0.1, 0.15) is 36.5 Å². The summed E-state index contributed by atoms with van der Waals surface area (Å²) in [6, 6.07) is 4.41. The highest BCUT2D eigenvalue weighted by molar-refractivity contribution is 5.44. The van der Waals surface area contributed by atoms with Crippen molar-refractivity contribution in [3.63, 3.8) is 0 Å². The average Bonchev–Trinajstić information content (AvgIpc) is 2.38. The molecule has 3 nitrogen and oxygen atoms in total. The molecule has 1 aromatic rings. The number of nitrogens with zero attached hydrogens (tertiary/aromatic N) is 1. The van der Waals surface area contributed by atoms with Crippen LogP contribution in [0.15, 0.2) is 12.1 Å². The second-order valence-corrected chi connectivity index (χ2v) is 5.95. The van der Waals surface area contributed by atoms with Crippen LogP contribution in [0.25, 0.3) is 0 Å². The Bertz CT molecular complexity index is 437. The molecule has 0 aromatic heterocycles. The van der Waals surface area contributed by atoms with Crippen LogP contribution in [0.5, 0.6) is 5.75 Å². The monoisotopic (exact) mass is 277 g/mol. The van der Waals surface area contributed by atoms with Gasteiger partial charge in [-0.05, 0) is 42.5 Å². The van der Waals surface area contributed by atoms with Crippen LogP contribution >= 0.6 is 0 Å². The quantitative estimate of drug-likeness (QED) is 0.825. The van der Waals surface area contributed by atoms with Crippen molar-refractivity contribution in [2.24, 2.45) is 0 Å². The fraction of sp³-hybridized carbons (Fsp3) is 0.647. The molecule has 0 atom stereocenters. The molecule has 1 fully saturated rings. The van der Waals surface area contributed by atoms with E-state index in [1.165, 1.54) is 16.7 Å². The fourth-order valence-electron chi connectivity index (χ4n) is 2.91. The Morgan fingerprint density at radius 2 is 1.90 bits per heavy atom. The predicted molar refractivity (Wildman–Crippen MR) is 82.8 cm³/mol. The number of hydrogen-bond acceptors (Lipinski definition) is 3. The lowest BCUT2D eigenvalue weighted by atomic mass is 9.95. The van der Waals surface area contributed by atoms with E-state index in [1.807, 2.05) is 0 Å². The van der Waals surface area contributed by atoms with Crippen LogP contribution in [0.3, 0.4) is 0 Å². The molecule has 0 radical (unpaired) electrons. The predicted octanol–water partition coefficient (Wildman–Crippen LogP) is 3.14. The SMILES string of the molecule is Cc1cc(C)c(C(C)C)c(OCCN2CCOCC2)c1. The van der Waals surface area contributed by atoms with Gasteiger partial charge in [0.2, 0.25) is 0 Å². The van der Waals surface area contributed by atoms with Gasteiger partial charge in [-0.3, -0.25) is 4.90 Å². The number of morpholine rings is 1. The maximum atomic E-state index is 6.08. The highest BCUT2D eigenvalue weighted by atomic mass is 16.5. The van der Waals surface area contributed by atoms with Crippen molar-refractivity contribution >= 4 is 0 Å². The molecule has 0 saturated carbocycles. The van der Waals surface area contributed by atoms with Crippen LogP contribution in [0, 0.1) is 13.8 Å². The first-order chi connectivity index (χ1) is 9.58. The molecule has 1 aliphatic rings. The van der Waals surface area contributed by atoms with E-state index in [4.69, 9.17) is 9.47 Å². The van der Waals surface area contributed by atoms with Gasteiger partial charge in [-0.25, -0.2) is 0 Å². The minimum Gasteiger partial charge on any atom is -0.492 e. The minimum absolute atomic E-state index is 0.494. The van der Waals surface area contributed by atoms with E-state index in [0.29, 0.717) is 5.92 Å². The molecule has 0 N–H and O–H groups in total. The minimum atomic E-state index is 0.494. The Balaban J connectivity index is 1.97. The zero-order valence-corrected chi connectivity index (χ0v) is 13.2. The number of aryl methyl sites for hydroxylation is 2. The van der Waals surface area contributed by atoms with Gasteiger partial charge in [-0.1, -0.05) is 19.9 Å². The lowest BCUT2D eigenvalue weighted by Crippen LogP contribution is -2.38. The molecule has 2 rings (SSSR count).